The molecule has 0 spiro atoms. The topological polar surface area (TPSA) is 20.2 Å². The van der Waals surface area contributed by atoms with Crippen LogP contribution in [-0.2, 0) is 5.85 Å². The number of benzene rings is 1. The van der Waals surface area contributed by atoms with E-state index in [1.807, 2.05) is 0 Å². The van der Waals surface area contributed by atoms with Crippen LogP contribution in [0.15, 0.2) is 30.3 Å². The minimum absolute atomic E-state index is 0.0248. The third-order valence-corrected chi connectivity index (χ3v) is 1.69. The van der Waals surface area contributed by atoms with Crippen LogP contribution in [0.1, 0.15) is 18.9 Å². The molecule has 1 unspecified atom stereocenters. The van der Waals surface area contributed by atoms with Gasteiger partial charge in [0, 0.05) is 12.0 Å². The minimum Gasteiger partial charge on any atom is -0.358 e. The maximum absolute atomic E-state index is 13.3. The summed E-state index contributed by atoms with van der Waals surface area (Å²) in [7, 11) is 0. The Labute approximate surface area is 71.9 Å². The lowest BCUT2D eigenvalue weighted by molar-refractivity contribution is -0.0950. The molecule has 0 aliphatic carbocycles. The third-order valence-electron chi connectivity index (χ3n) is 1.69. The van der Waals surface area contributed by atoms with Crippen molar-refractivity contribution in [3.05, 3.63) is 42.3 Å². The van der Waals surface area contributed by atoms with E-state index in [4.69, 9.17) is 0 Å². The second kappa shape index (κ2) is 3.68. The first kappa shape index (κ1) is 9.20. The van der Waals surface area contributed by atoms with Gasteiger partial charge in [0.1, 0.15) is 0 Å². The Morgan fingerprint density at radius 3 is 2.50 bits per heavy atom. The summed E-state index contributed by atoms with van der Waals surface area (Å²) in [5.41, 5.74) is 0.308. The number of aliphatic hydroxyl groups is 1. The second-order valence-electron chi connectivity index (χ2n) is 2.74. The lowest BCUT2D eigenvalue weighted by Gasteiger charge is -2.17. The van der Waals surface area contributed by atoms with Crippen LogP contribution in [0, 0.1) is 6.42 Å². The number of hydrogen-bond donors (Lipinski definition) is 1. The second-order valence-corrected chi connectivity index (χ2v) is 2.74. The Morgan fingerprint density at radius 1 is 1.42 bits per heavy atom. The van der Waals surface area contributed by atoms with E-state index in [0.717, 1.165) is 0 Å². The molecule has 0 aromatic heterocycles. The van der Waals surface area contributed by atoms with Gasteiger partial charge in [0.2, 0.25) is 5.85 Å². The minimum atomic E-state index is -2.21. The fourth-order valence-corrected chi connectivity index (χ4v) is 1.08. The highest BCUT2D eigenvalue weighted by atomic mass is 19.2. The molecule has 0 amide bonds. The molecule has 65 valence electrons. The van der Waals surface area contributed by atoms with Crippen LogP contribution in [0.2, 0.25) is 0 Å². The molecule has 0 aliphatic heterocycles. The molecule has 2 heteroatoms. The Kier molecular flexibility index (Phi) is 2.82. The van der Waals surface area contributed by atoms with Gasteiger partial charge in [0.25, 0.3) is 0 Å². The smallest absolute Gasteiger partial charge is 0.233 e. The van der Waals surface area contributed by atoms with Gasteiger partial charge in [-0.2, -0.15) is 0 Å². The Hall–Kier alpha value is -0.890. The van der Waals surface area contributed by atoms with Crippen molar-refractivity contribution in [2.75, 3.05) is 0 Å². The van der Waals surface area contributed by atoms with Crippen LogP contribution in [0.25, 0.3) is 0 Å². The standard InChI is InChI=1S/C10H12FO/c1-2-8-10(11,12)9-6-4-3-5-7-9/h2-7,12H,8H2,1H3. The van der Waals surface area contributed by atoms with Crippen molar-refractivity contribution in [3.63, 3.8) is 0 Å². The van der Waals surface area contributed by atoms with E-state index in [1.54, 1.807) is 43.7 Å². The molecule has 12 heavy (non-hydrogen) atoms. The molecule has 0 bridgehead atoms. The Morgan fingerprint density at radius 2 is 2.00 bits per heavy atom. The molecule has 1 atom stereocenters. The van der Waals surface area contributed by atoms with Crippen LogP contribution in [0.5, 0.6) is 0 Å². The van der Waals surface area contributed by atoms with E-state index in [1.165, 1.54) is 0 Å². The molecule has 1 nitrogen and oxygen atoms in total. The van der Waals surface area contributed by atoms with Crippen LogP contribution in [0.3, 0.4) is 0 Å². The van der Waals surface area contributed by atoms with Gasteiger partial charge >= 0.3 is 0 Å². The monoisotopic (exact) mass is 167 g/mol. The molecule has 0 fully saturated rings. The third kappa shape index (κ3) is 2.05. The van der Waals surface area contributed by atoms with Crippen LogP contribution in [-0.4, -0.2) is 5.11 Å². The van der Waals surface area contributed by atoms with Crippen LogP contribution >= 0.6 is 0 Å². The van der Waals surface area contributed by atoms with Crippen molar-refractivity contribution >= 4 is 0 Å². The molecule has 1 N–H and O–H groups in total. The summed E-state index contributed by atoms with van der Waals surface area (Å²) in [4.78, 5) is 0. The number of alkyl halides is 1. The van der Waals surface area contributed by atoms with E-state index in [-0.39, 0.29) is 6.42 Å². The number of halogens is 1. The van der Waals surface area contributed by atoms with Crippen LogP contribution in [0.4, 0.5) is 4.39 Å². The van der Waals surface area contributed by atoms with Gasteiger partial charge in [-0.25, -0.2) is 4.39 Å². The molecule has 1 rings (SSSR count). The zero-order valence-electron chi connectivity index (χ0n) is 7.00. The average molecular weight is 167 g/mol. The van der Waals surface area contributed by atoms with E-state index in [2.05, 4.69) is 0 Å². The highest BCUT2D eigenvalue weighted by Crippen LogP contribution is 2.26. The van der Waals surface area contributed by atoms with Crippen molar-refractivity contribution in [3.8, 4) is 0 Å². The highest BCUT2D eigenvalue weighted by molar-refractivity contribution is 5.19. The molecular weight excluding hydrogens is 155 g/mol. The summed E-state index contributed by atoms with van der Waals surface area (Å²) in [6, 6.07) is 8.34. The van der Waals surface area contributed by atoms with Gasteiger partial charge < -0.3 is 5.11 Å². The molecule has 0 aliphatic rings. The SMILES string of the molecule is C[CH]CC(O)(F)c1ccccc1. The van der Waals surface area contributed by atoms with Gasteiger partial charge in [-0.05, 0) is 6.42 Å². The molecule has 1 aromatic rings. The van der Waals surface area contributed by atoms with Gasteiger partial charge in [-0.3, -0.25) is 0 Å². The van der Waals surface area contributed by atoms with Crippen molar-refractivity contribution < 1.29 is 9.50 Å². The maximum Gasteiger partial charge on any atom is 0.233 e. The van der Waals surface area contributed by atoms with E-state index >= 15 is 0 Å². The molecule has 1 radical (unpaired) electrons. The van der Waals surface area contributed by atoms with Crippen LogP contribution < -0.4 is 0 Å². The number of rotatable bonds is 3. The van der Waals surface area contributed by atoms with Crippen molar-refractivity contribution in [1.29, 1.82) is 0 Å². The summed E-state index contributed by atoms with van der Waals surface area (Å²) in [6.07, 6.45) is 1.63. The molecule has 1 aromatic carbocycles. The largest absolute Gasteiger partial charge is 0.358 e. The van der Waals surface area contributed by atoms with E-state index < -0.39 is 5.85 Å². The van der Waals surface area contributed by atoms with Gasteiger partial charge in [0.15, 0.2) is 0 Å². The molecular formula is C10H12FO. The van der Waals surface area contributed by atoms with E-state index in [0.29, 0.717) is 5.56 Å². The fourth-order valence-electron chi connectivity index (χ4n) is 1.08. The number of hydrogen-bond acceptors (Lipinski definition) is 1. The Balaban J connectivity index is 2.82. The van der Waals surface area contributed by atoms with Gasteiger partial charge in [-0.1, -0.05) is 37.3 Å². The lowest BCUT2D eigenvalue weighted by atomic mass is 10.0. The summed E-state index contributed by atoms with van der Waals surface area (Å²) >= 11 is 0. The van der Waals surface area contributed by atoms with Gasteiger partial charge in [0.05, 0.1) is 0 Å². The molecule has 0 saturated carbocycles. The first-order chi connectivity index (χ1) is 5.67. The first-order valence-corrected chi connectivity index (χ1v) is 3.91. The van der Waals surface area contributed by atoms with E-state index in [9.17, 15) is 9.50 Å². The average Bonchev–Trinajstić information content (AvgIpc) is 2.06. The quantitative estimate of drug-likeness (QED) is 0.733. The summed E-state index contributed by atoms with van der Waals surface area (Å²) in [5.74, 6) is -2.21. The maximum atomic E-state index is 13.3. The van der Waals surface area contributed by atoms with Crippen molar-refractivity contribution in [2.24, 2.45) is 0 Å². The normalized spacial score (nSPS) is 15.6. The predicted molar refractivity (Wildman–Crippen MR) is 46.0 cm³/mol. The summed E-state index contributed by atoms with van der Waals surface area (Å²) in [5, 5.41) is 9.29. The van der Waals surface area contributed by atoms with Gasteiger partial charge in [-0.15, -0.1) is 0 Å². The molecule has 0 heterocycles. The summed E-state index contributed by atoms with van der Waals surface area (Å²) in [6.45, 7) is 1.72. The highest BCUT2D eigenvalue weighted by Gasteiger charge is 2.26. The van der Waals surface area contributed by atoms with Crippen molar-refractivity contribution in [2.45, 2.75) is 19.2 Å². The lowest BCUT2D eigenvalue weighted by Crippen LogP contribution is -2.18. The summed E-state index contributed by atoms with van der Waals surface area (Å²) < 4.78 is 13.3. The Bertz CT molecular complexity index is 231. The van der Waals surface area contributed by atoms with Crippen molar-refractivity contribution in [1.82, 2.24) is 0 Å². The zero-order valence-corrected chi connectivity index (χ0v) is 7.00. The first-order valence-electron chi connectivity index (χ1n) is 3.91. The molecule has 0 saturated heterocycles. The zero-order chi connectivity index (χ0) is 9.03. The fraction of sp³-hybridized carbons (Fsp3) is 0.300. The predicted octanol–water partition coefficient (Wildman–Crippen LogP) is 2.42.